The van der Waals surface area contributed by atoms with Crippen molar-refractivity contribution in [3.05, 3.63) is 11.1 Å². The van der Waals surface area contributed by atoms with Crippen LogP contribution in [0.2, 0.25) is 0 Å². The van der Waals surface area contributed by atoms with Crippen LogP contribution in [0.15, 0.2) is 11.1 Å². The van der Waals surface area contributed by atoms with E-state index in [2.05, 4.69) is 0 Å². The lowest BCUT2D eigenvalue weighted by atomic mass is 9.97. The zero-order chi connectivity index (χ0) is 6.97. The molecule has 0 saturated heterocycles. The summed E-state index contributed by atoms with van der Waals surface area (Å²) in [6.45, 7) is 0.353. The predicted molar refractivity (Wildman–Crippen MR) is 40.7 cm³/mol. The van der Waals surface area contributed by atoms with Gasteiger partial charge in [0, 0.05) is 6.61 Å². The van der Waals surface area contributed by atoms with Crippen molar-refractivity contribution >= 4 is 0 Å². The highest BCUT2D eigenvalue weighted by Crippen LogP contribution is 2.44. The van der Waals surface area contributed by atoms with Crippen LogP contribution in [0.3, 0.4) is 0 Å². The Morgan fingerprint density at radius 2 is 2.30 bits per heavy atom. The Hall–Kier alpha value is -0.300. The van der Waals surface area contributed by atoms with Gasteiger partial charge in [0.1, 0.15) is 0 Å². The minimum Gasteiger partial charge on any atom is -0.396 e. The van der Waals surface area contributed by atoms with Crippen LogP contribution in [-0.4, -0.2) is 11.7 Å². The van der Waals surface area contributed by atoms with Crippen LogP contribution in [-0.2, 0) is 0 Å². The predicted octanol–water partition coefficient (Wildman–Crippen LogP) is 1.87. The van der Waals surface area contributed by atoms with Gasteiger partial charge in [-0.05, 0) is 38.0 Å². The Bertz CT molecular complexity index is 170. The van der Waals surface area contributed by atoms with Gasteiger partial charge < -0.3 is 5.11 Å². The molecule has 2 aliphatic carbocycles. The molecule has 0 aromatic rings. The van der Waals surface area contributed by atoms with Crippen molar-refractivity contribution < 1.29 is 5.11 Å². The molecule has 0 amide bonds. The number of aliphatic hydroxyl groups excluding tert-OH is 1. The quantitative estimate of drug-likeness (QED) is 0.577. The van der Waals surface area contributed by atoms with Gasteiger partial charge in [-0.3, -0.25) is 0 Å². The van der Waals surface area contributed by atoms with Crippen LogP contribution < -0.4 is 0 Å². The molecular formula is C9H14O. The number of aliphatic hydroxyl groups is 1. The molecule has 0 spiro atoms. The van der Waals surface area contributed by atoms with Crippen molar-refractivity contribution in [2.75, 3.05) is 6.61 Å². The first-order valence-corrected chi connectivity index (χ1v) is 4.21. The fourth-order valence-corrected chi connectivity index (χ4v) is 2.33. The monoisotopic (exact) mass is 138 g/mol. The molecule has 0 radical (unpaired) electrons. The summed E-state index contributed by atoms with van der Waals surface area (Å²) in [6.07, 6.45) is 6.36. The highest BCUT2D eigenvalue weighted by atomic mass is 16.2. The van der Waals surface area contributed by atoms with E-state index in [1.807, 2.05) is 0 Å². The second-order valence-electron chi connectivity index (χ2n) is 3.49. The lowest BCUT2D eigenvalue weighted by Crippen LogP contribution is -1.96. The van der Waals surface area contributed by atoms with Gasteiger partial charge in [-0.15, -0.1) is 0 Å². The summed E-state index contributed by atoms with van der Waals surface area (Å²) in [5, 5.41) is 8.72. The third kappa shape index (κ3) is 0.891. The third-order valence-electron chi connectivity index (χ3n) is 2.84. The van der Waals surface area contributed by atoms with Crippen LogP contribution in [0.1, 0.15) is 32.1 Å². The fourth-order valence-electron chi connectivity index (χ4n) is 2.33. The smallest absolute Gasteiger partial charge is 0.0468 e. The second kappa shape index (κ2) is 2.39. The van der Waals surface area contributed by atoms with E-state index in [0.717, 1.165) is 12.3 Å². The minimum atomic E-state index is 0.353. The first-order valence-electron chi connectivity index (χ1n) is 4.21. The van der Waals surface area contributed by atoms with E-state index >= 15 is 0 Å². The lowest BCUT2D eigenvalue weighted by Gasteiger charge is -2.09. The maximum Gasteiger partial charge on any atom is 0.0468 e. The minimum absolute atomic E-state index is 0.353. The number of hydrogen-bond acceptors (Lipinski definition) is 1. The molecule has 0 heterocycles. The molecule has 1 unspecified atom stereocenters. The maximum absolute atomic E-state index is 8.72. The highest BCUT2D eigenvalue weighted by molar-refractivity contribution is 5.25. The average molecular weight is 138 g/mol. The van der Waals surface area contributed by atoms with Crippen molar-refractivity contribution in [1.82, 2.24) is 0 Å². The van der Waals surface area contributed by atoms with E-state index < -0.39 is 0 Å². The van der Waals surface area contributed by atoms with E-state index in [0.29, 0.717) is 6.61 Å². The van der Waals surface area contributed by atoms with E-state index in [-0.39, 0.29) is 0 Å². The zero-order valence-electron chi connectivity index (χ0n) is 6.27. The summed E-state index contributed by atoms with van der Waals surface area (Å²) in [7, 11) is 0. The van der Waals surface area contributed by atoms with Crippen molar-refractivity contribution in [3.8, 4) is 0 Å². The summed E-state index contributed by atoms with van der Waals surface area (Å²) in [5.41, 5.74) is 3.26. The lowest BCUT2D eigenvalue weighted by molar-refractivity contribution is 0.296. The summed E-state index contributed by atoms with van der Waals surface area (Å²) < 4.78 is 0. The standard InChI is InChI=1S/C9H14O/c10-4-3-9-6-7-1-2-8(9)5-7/h7,10H,1-6H2. The van der Waals surface area contributed by atoms with Gasteiger partial charge in [0.25, 0.3) is 0 Å². The average Bonchev–Trinajstić information content (AvgIpc) is 2.48. The maximum atomic E-state index is 8.72. The summed E-state index contributed by atoms with van der Waals surface area (Å²) >= 11 is 0. The van der Waals surface area contributed by atoms with Crippen LogP contribution in [0.5, 0.6) is 0 Å². The van der Waals surface area contributed by atoms with Gasteiger partial charge in [0.05, 0.1) is 0 Å². The van der Waals surface area contributed by atoms with E-state index in [9.17, 15) is 0 Å². The van der Waals surface area contributed by atoms with Crippen LogP contribution >= 0.6 is 0 Å². The molecule has 1 N–H and O–H groups in total. The summed E-state index contributed by atoms with van der Waals surface area (Å²) in [5.74, 6) is 0.969. The van der Waals surface area contributed by atoms with Gasteiger partial charge in [-0.1, -0.05) is 11.1 Å². The van der Waals surface area contributed by atoms with Gasteiger partial charge in [0.2, 0.25) is 0 Å². The molecule has 2 rings (SSSR count). The SMILES string of the molecule is OCCC1=C2CCC(C1)C2. The molecule has 2 aliphatic rings. The number of fused-ring (bicyclic) bond motifs is 2. The summed E-state index contributed by atoms with van der Waals surface area (Å²) in [6, 6.07) is 0. The van der Waals surface area contributed by atoms with E-state index in [1.54, 1.807) is 11.1 Å². The number of rotatable bonds is 2. The molecule has 0 aromatic heterocycles. The Balaban J connectivity index is 2.08. The molecule has 2 bridgehead atoms. The Morgan fingerprint density at radius 3 is 2.80 bits per heavy atom. The van der Waals surface area contributed by atoms with Gasteiger partial charge >= 0.3 is 0 Å². The summed E-state index contributed by atoms with van der Waals surface area (Å²) in [4.78, 5) is 0. The first kappa shape index (κ1) is 6.41. The molecule has 10 heavy (non-hydrogen) atoms. The highest BCUT2D eigenvalue weighted by Gasteiger charge is 2.29. The second-order valence-corrected chi connectivity index (χ2v) is 3.49. The molecule has 1 saturated carbocycles. The molecule has 56 valence electrons. The number of hydrogen-bond donors (Lipinski definition) is 1. The van der Waals surface area contributed by atoms with Crippen molar-refractivity contribution in [2.45, 2.75) is 32.1 Å². The van der Waals surface area contributed by atoms with E-state index in [4.69, 9.17) is 5.11 Å². The molecular weight excluding hydrogens is 124 g/mol. The van der Waals surface area contributed by atoms with Gasteiger partial charge in [-0.25, -0.2) is 0 Å². The van der Waals surface area contributed by atoms with Crippen LogP contribution in [0.4, 0.5) is 0 Å². The zero-order valence-corrected chi connectivity index (χ0v) is 6.27. The molecule has 1 fully saturated rings. The van der Waals surface area contributed by atoms with E-state index in [1.165, 1.54) is 25.7 Å². The van der Waals surface area contributed by atoms with Crippen molar-refractivity contribution in [3.63, 3.8) is 0 Å². The van der Waals surface area contributed by atoms with Crippen LogP contribution in [0.25, 0.3) is 0 Å². The normalized spacial score (nSPS) is 30.3. The fraction of sp³-hybridized carbons (Fsp3) is 0.778. The Labute approximate surface area is 61.8 Å². The molecule has 0 aliphatic heterocycles. The number of allylic oxidation sites excluding steroid dienone is 1. The first-order chi connectivity index (χ1) is 4.90. The third-order valence-corrected chi connectivity index (χ3v) is 2.84. The molecule has 0 aromatic carbocycles. The molecule has 1 atom stereocenters. The molecule has 1 heteroatoms. The van der Waals surface area contributed by atoms with Gasteiger partial charge in [-0.2, -0.15) is 0 Å². The topological polar surface area (TPSA) is 20.2 Å². The van der Waals surface area contributed by atoms with Crippen LogP contribution in [0, 0.1) is 5.92 Å². The molecule has 1 nitrogen and oxygen atoms in total. The Morgan fingerprint density at radius 1 is 1.40 bits per heavy atom. The largest absolute Gasteiger partial charge is 0.396 e. The van der Waals surface area contributed by atoms with Crippen molar-refractivity contribution in [2.24, 2.45) is 5.92 Å². The van der Waals surface area contributed by atoms with Crippen molar-refractivity contribution in [1.29, 1.82) is 0 Å². The Kier molecular flexibility index (Phi) is 1.53. The van der Waals surface area contributed by atoms with Gasteiger partial charge in [0.15, 0.2) is 0 Å².